The van der Waals surface area contributed by atoms with Crippen molar-refractivity contribution in [3.05, 3.63) is 34.4 Å². The molecule has 33 heavy (non-hydrogen) atoms. The second-order valence-corrected chi connectivity index (χ2v) is 11.9. The summed E-state index contributed by atoms with van der Waals surface area (Å²) < 4.78 is 3.79. The smallest absolute Gasteiger partial charge is 0.0484 e. The fourth-order valence-corrected chi connectivity index (χ4v) is 7.35. The maximum atomic E-state index is 6.93. The standard InChI is InChI=1S/C27H40BrN3.2ClH/c28-22-10-11-26-24(16-22)25(18-31(26)17-19-4-2-1-3-5-19)20-6-8-21(9-7-20)27(30)14-12-23(29)13-15-27;;/h10-11,16,18-21,23H,1-9,12-15,17,29-30H2;2*1H. The van der Waals surface area contributed by atoms with Crippen molar-refractivity contribution < 1.29 is 0 Å². The van der Waals surface area contributed by atoms with E-state index in [2.05, 4.69) is 44.9 Å². The Kier molecular flexibility index (Phi) is 9.65. The first-order chi connectivity index (χ1) is 15.0. The van der Waals surface area contributed by atoms with Crippen LogP contribution in [0.4, 0.5) is 0 Å². The normalized spacial score (nSPS) is 31.1. The monoisotopic (exact) mass is 557 g/mol. The van der Waals surface area contributed by atoms with E-state index in [0.29, 0.717) is 17.9 Å². The Labute approximate surface area is 220 Å². The molecule has 0 bridgehead atoms. The van der Waals surface area contributed by atoms with Gasteiger partial charge < -0.3 is 16.0 Å². The van der Waals surface area contributed by atoms with Gasteiger partial charge in [-0.1, -0.05) is 35.2 Å². The van der Waals surface area contributed by atoms with Gasteiger partial charge in [-0.2, -0.15) is 0 Å². The summed E-state index contributed by atoms with van der Waals surface area (Å²) >= 11 is 3.74. The van der Waals surface area contributed by atoms with E-state index in [0.717, 1.165) is 31.6 Å². The minimum absolute atomic E-state index is 0. The fourth-order valence-electron chi connectivity index (χ4n) is 6.99. The number of benzene rings is 1. The molecule has 3 nitrogen and oxygen atoms in total. The quantitative estimate of drug-likeness (QED) is 0.404. The van der Waals surface area contributed by atoms with Gasteiger partial charge in [0, 0.05) is 39.7 Å². The molecule has 0 spiro atoms. The summed E-state index contributed by atoms with van der Waals surface area (Å²) in [5.74, 6) is 2.21. The van der Waals surface area contributed by atoms with Crippen LogP contribution in [0.3, 0.4) is 0 Å². The topological polar surface area (TPSA) is 57.0 Å². The van der Waals surface area contributed by atoms with E-state index < -0.39 is 0 Å². The van der Waals surface area contributed by atoms with Crippen molar-refractivity contribution in [3.8, 4) is 0 Å². The van der Waals surface area contributed by atoms with Crippen molar-refractivity contribution >= 4 is 51.6 Å². The van der Waals surface area contributed by atoms with Crippen LogP contribution in [-0.2, 0) is 6.54 Å². The third-order valence-electron chi connectivity index (χ3n) is 8.99. The van der Waals surface area contributed by atoms with Crippen LogP contribution in [0, 0.1) is 11.8 Å². The van der Waals surface area contributed by atoms with Gasteiger partial charge in [0.2, 0.25) is 0 Å². The molecule has 2 aromatic rings. The molecule has 4 N–H and O–H groups in total. The highest BCUT2D eigenvalue weighted by Gasteiger charge is 2.40. The third kappa shape index (κ3) is 5.94. The largest absolute Gasteiger partial charge is 0.347 e. The lowest BCUT2D eigenvalue weighted by molar-refractivity contribution is 0.140. The zero-order chi connectivity index (χ0) is 21.4. The molecule has 0 amide bonds. The van der Waals surface area contributed by atoms with Crippen LogP contribution >= 0.6 is 40.7 Å². The minimum Gasteiger partial charge on any atom is -0.347 e. The molecule has 0 aliphatic heterocycles. The number of hydrogen-bond acceptors (Lipinski definition) is 2. The highest BCUT2D eigenvalue weighted by Crippen LogP contribution is 2.46. The molecule has 0 unspecified atom stereocenters. The second kappa shape index (κ2) is 11.6. The molecule has 3 fully saturated rings. The molecule has 1 aromatic carbocycles. The van der Waals surface area contributed by atoms with Gasteiger partial charge in [0.1, 0.15) is 0 Å². The number of halogens is 3. The molecule has 6 heteroatoms. The average Bonchev–Trinajstić information content (AvgIpc) is 3.14. The summed E-state index contributed by atoms with van der Waals surface area (Å²) in [6.45, 7) is 1.19. The van der Waals surface area contributed by atoms with Gasteiger partial charge in [-0.3, -0.25) is 0 Å². The Hall–Kier alpha value is -0.260. The Balaban J connectivity index is 0.00000153. The summed E-state index contributed by atoms with van der Waals surface area (Å²) in [5.41, 5.74) is 16.1. The van der Waals surface area contributed by atoms with E-state index in [1.165, 1.54) is 79.7 Å². The molecule has 0 radical (unpaired) electrons. The van der Waals surface area contributed by atoms with Crippen LogP contribution in [0.1, 0.15) is 95.0 Å². The summed E-state index contributed by atoms with van der Waals surface area (Å²) in [6.07, 6.45) is 19.2. The van der Waals surface area contributed by atoms with E-state index in [1.807, 2.05) is 0 Å². The van der Waals surface area contributed by atoms with Crippen LogP contribution in [0.5, 0.6) is 0 Å². The lowest BCUT2D eigenvalue weighted by Crippen LogP contribution is -2.52. The number of nitrogens with two attached hydrogens (primary N) is 2. The number of fused-ring (bicyclic) bond motifs is 1. The van der Waals surface area contributed by atoms with Crippen molar-refractivity contribution in [2.45, 2.75) is 108 Å². The van der Waals surface area contributed by atoms with Crippen molar-refractivity contribution in [2.75, 3.05) is 0 Å². The van der Waals surface area contributed by atoms with E-state index >= 15 is 0 Å². The molecule has 3 aliphatic rings. The summed E-state index contributed by atoms with van der Waals surface area (Å²) in [7, 11) is 0. The van der Waals surface area contributed by atoms with Gasteiger partial charge in [-0.05, 0) is 106 Å². The zero-order valence-electron chi connectivity index (χ0n) is 19.8. The number of aromatic nitrogens is 1. The lowest BCUT2D eigenvalue weighted by Gasteiger charge is -2.45. The van der Waals surface area contributed by atoms with Gasteiger partial charge in [0.15, 0.2) is 0 Å². The molecular weight excluding hydrogens is 517 g/mol. The number of nitrogens with zero attached hydrogens (tertiary/aromatic N) is 1. The first-order valence-electron chi connectivity index (χ1n) is 12.8. The molecule has 3 aliphatic carbocycles. The van der Waals surface area contributed by atoms with Gasteiger partial charge in [-0.25, -0.2) is 0 Å². The Morgan fingerprint density at radius 2 is 1.58 bits per heavy atom. The van der Waals surface area contributed by atoms with Crippen LogP contribution in [0.15, 0.2) is 28.9 Å². The first-order valence-corrected chi connectivity index (χ1v) is 13.6. The molecule has 3 saturated carbocycles. The molecule has 1 heterocycles. The molecule has 5 rings (SSSR count). The second-order valence-electron chi connectivity index (χ2n) is 11.0. The number of hydrogen-bond donors (Lipinski definition) is 2. The van der Waals surface area contributed by atoms with Crippen LogP contribution in [-0.4, -0.2) is 16.1 Å². The summed E-state index contributed by atoms with van der Waals surface area (Å²) in [6, 6.07) is 7.28. The van der Waals surface area contributed by atoms with Crippen LogP contribution in [0.25, 0.3) is 10.9 Å². The molecule has 1 aromatic heterocycles. The predicted molar refractivity (Wildman–Crippen MR) is 149 cm³/mol. The predicted octanol–water partition coefficient (Wildman–Crippen LogP) is 7.70. The van der Waals surface area contributed by atoms with Crippen molar-refractivity contribution in [2.24, 2.45) is 23.3 Å². The molecule has 0 atom stereocenters. The van der Waals surface area contributed by atoms with Crippen molar-refractivity contribution in [3.63, 3.8) is 0 Å². The van der Waals surface area contributed by atoms with Crippen molar-refractivity contribution in [1.29, 1.82) is 0 Å². The van der Waals surface area contributed by atoms with E-state index in [-0.39, 0.29) is 30.4 Å². The van der Waals surface area contributed by atoms with Gasteiger partial charge in [-0.15, -0.1) is 24.8 Å². The lowest BCUT2D eigenvalue weighted by atomic mass is 9.65. The van der Waals surface area contributed by atoms with Gasteiger partial charge in [0.25, 0.3) is 0 Å². The van der Waals surface area contributed by atoms with Gasteiger partial charge in [0.05, 0.1) is 0 Å². The highest BCUT2D eigenvalue weighted by molar-refractivity contribution is 9.10. The zero-order valence-corrected chi connectivity index (χ0v) is 23.0. The Morgan fingerprint density at radius 3 is 2.24 bits per heavy atom. The van der Waals surface area contributed by atoms with E-state index in [1.54, 1.807) is 5.56 Å². The van der Waals surface area contributed by atoms with Crippen LogP contribution < -0.4 is 11.5 Å². The SMILES string of the molecule is Cl.Cl.NC1CCC(N)(C2CCC(c3cn(CC4CCCCC4)c4ccc(Br)cc34)CC2)CC1. The molecule has 0 saturated heterocycles. The molecular formula is C27H42BrCl2N3. The minimum atomic E-state index is 0. The Bertz CT molecular complexity index is 892. The first kappa shape index (κ1) is 27.3. The number of rotatable bonds is 4. The Morgan fingerprint density at radius 1 is 0.909 bits per heavy atom. The summed E-state index contributed by atoms with van der Waals surface area (Å²) in [4.78, 5) is 0. The highest BCUT2D eigenvalue weighted by atomic mass is 79.9. The van der Waals surface area contributed by atoms with E-state index in [9.17, 15) is 0 Å². The average molecular weight is 559 g/mol. The maximum Gasteiger partial charge on any atom is 0.0484 e. The van der Waals surface area contributed by atoms with Gasteiger partial charge >= 0.3 is 0 Å². The van der Waals surface area contributed by atoms with Crippen molar-refractivity contribution in [1.82, 2.24) is 4.57 Å². The summed E-state index contributed by atoms with van der Waals surface area (Å²) in [5, 5.41) is 1.47. The third-order valence-corrected chi connectivity index (χ3v) is 9.49. The maximum absolute atomic E-state index is 6.93. The van der Waals surface area contributed by atoms with Crippen LogP contribution in [0.2, 0.25) is 0 Å². The molecule has 186 valence electrons. The fraction of sp³-hybridized carbons (Fsp3) is 0.704. The van der Waals surface area contributed by atoms with E-state index in [4.69, 9.17) is 11.5 Å².